The van der Waals surface area contributed by atoms with E-state index in [1.54, 1.807) is 11.8 Å². The van der Waals surface area contributed by atoms with Gasteiger partial charge in [0.1, 0.15) is 0 Å². The maximum atomic E-state index is 11.5. The van der Waals surface area contributed by atoms with Crippen LogP contribution in [0.2, 0.25) is 0 Å². The molecule has 1 N–H and O–H groups in total. The Hall–Kier alpha value is -0.680. The van der Waals surface area contributed by atoms with Crippen molar-refractivity contribution in [2.45, 2.75) is 18.2 Å². The van der Waals surface area contributed by atoms with Gasteiger partial charge in [-0.3, -0.25) is 0 Å². The second-order valence-corrected chi connectivity index (χ2v) is 6.93. The van der Waals surface area contributed by atoms with Crippen molar-refractivity contribution in [2.75, 3.05) is 29.6 Å². The van der Waals surface area contributed by atoms with E-state index in [0.29, 0.717) is 13.0 Å². The van der Waals surface area contributed by atoms with E-state index < -0.39 is 9.84 Å². The fourth-order valence-electron chi connectivity index (χ4n) is 1.54. The molecule has 0 bridgehead atoms. The Balaban J connectivity index is 2.51. The van der Waals surface area contributed by atoms with Gasteiger partial charge in [-0.1, -0.05) is 19.1 Å². The zero-order chi connectivity index (χ0) is 12.7. The van der Waals surface area contributed by atoms with E-state index in [1.165, 1.54) is 0 Å². The summed E-state index contributed by atoms with van der Waals surface area (Å²) in [7, 11) is -2.89. The number of hydrogen-bond donors (Lipinski definition) is 1. The maximum Gasteiger partial charge on any atom is 0.152 e. The number of hydrogen-bond acceptors (Lipinski definition) is 4. The van der Waals surface area contributed by atoms with E-state index in [-0.39, 0.29) is 11.5 Å². The van der Waals surface area contributed by atoms with Crippen molar-refractivity contribution in [3.05, 3.63) is 24.3 Å². The zero-order valence-electron chi connectivity index (χ0n) is 10.3. The molecule has 1 aromatic carbocycles. The van der Waals surface area contributed by atoms with Gasteiger partial charge in [0.25, 0.3) is 0 Å². The maximum absolute atomic E-state index is 11.5. The summed E-state index contributed by atoms with van der Waals surface area (Å²) >= 11 is 1.65. The highest BCUT2D eigenvalue weighted by atomic mass is 32.2. The third kappa shape index (κ3) is 5.00. The zero-order valence-corrected chi connectivity index (χ0v) is 11.9. The number of rotatable bonds is 7. The number of thioether (sulfide) groups is 1. The van der Waals surface area contributed by atoms with Crippen LogP contribution in [0.3, 0.4) is 0 Å². The molecule has 0 aliphatic carbocycles. The van der Waals surface area contributed by atoms with E-state index in [4.69, 9.17) is 0 Å². The van der Waals surface area contributed by atoms with Crippen LogP contribution in [-0.2, 0) is 9.84 Å². The van der Waals surface area contributed by atoms with Crippen molar-refractivity contribution < 1.29 is 8.42 Å². The first-order valence-electron chi connectivity index (χ1n) is 5.66. The molecular formula is C12H19NO2S2. The highest BCUT2D eigenvalue weighted by molar-refractivity contribution is 7.98. The summed E-state index contributed by atoms with van der Waals surface area (Å²) in [6, 6.07) is 7.92. The molecule has 17 heavy (non-hydrogen) atoms. The first-order chi connectivity index (χ1) is 8.09. The average Bonchev–Trinajstić information content (AvgIpc) is 2.29. The van der Waals surface area contributed by atoms with Crippen LogP contribution in [0.1, 0.15) is 13.3 Å². The molecule has 0 heterocycles. The summed E-state index contributed by atoms with van der Waals surface area (Å²) in [6.07, 6.45) is 2.69. The van der Waals surface area contributed by atoms with Crippen molar-refractivity contribution in [2.24, 2.45) is 0 Å². The molecule has 5 heteroatoms. The van der Waals surface area contributed by atoms with Crippen molar-refractivity contribution in [3.63, 3.8) is 0 Å². The molecule has 0 fully saturated rings. The van der Waals surface area contributed by atoms with Crippen LogP contribution in [0.4, 0.5) is 5.69 Å². The van der Waals surface area contributed by atoms with E-state index in [1.807, 2.05) is 37.4 Å². The average molecular weight is 273 g/mol. The number of sulfone groups is 1. The summed E-state index contributed by atoms with van der Waals surface area (Å²) in [5.74, 6) is 0.475. The van der Waals surface area contributed by atoms with Gasteiger partial charge in [-0.25, -0.2) is 8.42 Å². The molecule has 0 radical (unpaired) electrons. The van der Waals surface area contributed by atoms with Gasteiger partial charge in [-0.05, 0) is 24.8 Å². The van der Waals surface area contributed by atoms with E-state index in [9.17, 15) is 8.42 Å². The third-order valence-corrected chi connectivity index (χ3v) is 5.00. The SMILES string of the molecule is CCCS(=O)(=O)CCNc1ccccc1SC. The predicted molar refractivity (Wildman–Crippen MR) is 75.7 cm³/mol. The lowest BCUT2D eigenvalue weighted by Crippen LogP contribution is -2.18. The topological polar surface area (TPSA) is 46.2 Å². The van der Waals surface area contributed by atoms with Crippen molar-refractivity contribution in [1.29, 1.82) is 0 Å². The number of para-hydroxylation sites is 1. The Bertz CT molecular complexity index is 444. The van der Waals surface area contributed by atoms with Gasteiger partial charge in [-0.15, -0.1) is 11.8 Å². The molecule has 0 aliphatic heterocycles. The van der Waals surface area contributed by atoms with Crippen LogP contribution in [0.5, 0.6) is 0 Å². The molecule has 0 saturated heterocycles. The van der Waals surface area contributed by atoms with Crippen LogP contribution in [0.15, 0.2) is 29.2 Å². The Labute approximate surface area is 108 Å². The summed E-state index contributed by atoms with van der Waals surface area (Å²) in [5, 5.41) is 3.18. The lowest BCUT2D eigenvalue weighted by Gasteiger charge is -2.10. The fourth-order valence-corrected chi connectivity index (χ4v) is 3.36. The van der Waals surface area contributed by atoms with Crippen LogP contribution >= 0.6 is 11.8 Å². The van der Waals surface area contributed by atoms with Crippen LogP contribution in [0, 0.1) is 0 Å². The molecule has 1 rings (SSSR count). The fraction of sp³-hybridized carbons (Fsp3) is 0.500. The number of benzene rings is 1. The molecule has 1 aromatic rings. The lowest BCUT2D eigenvalue weighted by atomic mass is 10.3. The molecule has 0 spiro atoms. The molecule has 0 unspecified atom stereocenters. The highest BCUT2D eigenvalue weighted by Crippen LogP contribution is 2.24. The van der Waals surface area contributed by atoms with Gasteiger partial charge >= 0.3 is 0 Å². The van der Waals surface area contributed by atoms with Gasteiger partial charge in [0.2, 0.25) is 0 Å². The first-order valence-corrected chi connectivity index (χ1v) is 8.71. The largest absolute Gasteiger partial charge is 0.383 e. The Morgan fingerprint density at radius 1 is 1.24 bits per heavy atom. The summed E-state index contributed by atoms with van der Waals surface area (Å²) in [5.41, 5.74) is 1.01. The van der Waals surface area contributed by atoms with E-state index in [0.717, 1.165) is 10.6 Å². The monoisotopic (exact) mass is 273 g/mol. The molecule has 0 aromatic heterocycles. The van der Waals surface area contributed by atoms with E-state index in [2.05, 4.69) is 5.32 Å². The minimum atomic E-state index is -2.89. The quantitative estimate of drug-likeness (QED) is 0.776. The van der Waals surface area contributed by atoms with Gasteiger partial charge < -0.3 is 5.32 Å². The predicted octanol–water partition coefficient (Wildman–Crippen LogP) is 2.65. The molecule has 96 valence electrons. The van der Waals surface area contributed by atoms with Crippen molar-refractivity contribution in [3.8, 4) is 0 Å². The van der Waals surface area contributed by atoms with Crippen molar-refractivity contribution >= 4 is 27.3 Å². The van der Waals surface area contributed by atoms with Crippen molar-refractivity contribution in [1.82, 2.24) is 0 Å². The molecule has 0 amide bonds. The Morgan fingerprint density at radius 3 is 2.59 bits per heavy atom. The molecular weight excluding hydrogens is 254 g/mol. The van der Waals surface area contributed by atoms with Gasteiger partial charge in [0.05, 0.1) is 5.75 Å². The van der Waals surface area contributed by atoms with Gasteiger partial charge in [-0.2, -0.15) is 0 Å². The smallest absolute Gasteiger partial charge is 0.152 e. The molecule has 0 atom stereocenters. The lowest BCUT2D eigenvalue weighted by molar-refractivity contribution is 0.595. The third-order valence-electron chi connectivity index (χ3n) is 2.35. The van der Waals surface area contributed by atoms with Crippen LogP contribution in [-0.4, -0.2) is 32.7 Å². The summed E-state index contributed by atoms with van der Waals surface area (Å²) in [6.45, 7) is 2.36. The minimum Gasteiger partial charge on any atom is -0.383 e. The minimum absolute atomic E-state index is 0.198. The molecule has 3 nitrogen and oxygen atoms in total. The van der Waals surface area contributed by atoms with Crippen LogP contribution in [0.25, 0.3) is 0 Å². The Kier molecular flexibility index (Phi) is 5.85. The summed E-state index contributed by atoms with van der Waals surface area (Å²) < 4.78 is 23.1. The first kappa shape index (κ1) is 14.4. The van der Waals surface area contributed by atoms with Gasteiger partial charge in [0.15, 0.2) is 9.84 Å². The molecule has 0 aliphatic rings. The second-order valence-electron chi connectivity index (χ2n) is 3.78. The standard InChI is InChI=1S/C12H19NO2S2/c1-3-9-17(14,15)10-8-13-11-6-4-5-7-12(11)16-2/h4-7,13H,3,8-10H2,1-2H3. The number of nitrogens with one attached hydrogen (secondary N) is 1. The molecule has 0 saturated carbocycles. The normalized spacial score (nSPS) is 11.4. The summed E-state index contributed by atoms with van der Waals surface area (Å²) in [4.78, 5) is 1.14. The van der Waals surface area contributed by atoms with Crippen LogP contribution < -0.4 is 5.32 Å². The van der Waals surface area contributed by atoms with E-state index >= 15 is 0 Å². The van der Waals surface area contributed by atoms with Gasteiger partial charge in [0, 0.05) is 22.9 Å². The Morgan fingerprint density at radius 2 is 1.94 bits per heavy atom. The highest BCUT2D eigenvalue weighted by Gasteiger charge is 2.08. The number of anilines is 1. The second kappa shape index (κ2) is 6.91.